The number of nitrogens with one attached hydrogen (secondary N) is 1. The van der Waals surface area contributed by atoms with E-state index in [9.17, 15) is 14.0 Å². The van der Waals surface area contributed by atoms with Gasteiger partial charge in [0.25, 0.3) is 0 Å². The van der Waals surface area contributed by atoms with Gasteiger partial charge in [-0.25, -0.2) is 4.39 Å². The quantitative estimate of drug-likeness (QED) is 0.790. The Hall–Kier alpha value is -2.80. The first-order chi connectivity index (χ1) is 13.1. The number of hydrogen-bond acceptors (Lipinski definition) is 5. The second kappa shape index (κ2) is 8.73. The number of aromatic nitrogens is 1. The van der Waals surface area contributed by atoms with Gasteiger partial charge in [-0.3, -0.25) is 14.6 Å². The molecular formula is C20H22FN3O3. The largest absolute Gasteiger partial charge is 0.494 e. The van der Waals surface area contributed by atoms with E-state index in [2.05, 4.69) is 10.3 Å². The number of amides is 1. The monoisotopic (exact) mass is 371 g/mol. The lowest BCUT2D eigenvalue weighted by molar-refractivity contribution is -0.134. The van der Waals surface area contributed by atoms with Crippen molar-refractivity contribution in [2.75, 3.05) is 26.7 Å². The molecule has 2 heterocycles. The third kappa shape index (κ3) is 4.49. The van der Waals surface area contributed by atoms with Crippen molar-refractivity contribution in [2.24, 2.45) is 0 Å². The molecule has 1 aromatic carbocycles. The molecule has 0 radical (unpaired) electrons. The van der Waals surface area contributed by atoms with Crippen LogP contribution in [0.3, 0.4) is 0 Å². The minimum absolute atomic E-state index is 0.0360. The molecule has 2 aromatic rings. The van der Waals surface area contributed by atoms with E-state index in [-0.39, 0.29) is 41.9 Å². The Morgan fingerprint density at radius 1 is 1.33 bits per heavy atom. The van der Waals surface area contributed by atoms with E-state index in [1.165, 1.54) is 19.2 Å². The van der Waals surface area contributed by atoms with Gasteiger partial charge in [-0.1, -0.05) is 6.07 Å². The number of halogens is 1. The minimum atomic E-state index is -0.589. The maximum atomic E-state index is 13.8. The third-order valence-electron chi connectivity index (χ3n) is 4.67. The predicted octanol–water partition coefficient (Wildman–Crippen LogP) is 2.37. The zero-order chi connectivity index (χ0) is 19.2. The molecule has 27 heavy (non-hydrogen) atoms. The lowest BCUT2D eigenvalue weighted by atomic mass is 10.0. The second-order valence-electron chi connectivity index (χ2n) is 6.37. The van der Waals surface area contributed by atoms with Crippen molar-refractivity contribution >= 4 is 11.7 Å². The van der Waals surface area contributed by atoms with Crippen molar-refractivity contribution in [3.05, 3.63) is 59.7 Å². The van der Waals surface area contributed by atoms with Gasteiger partial charge in [0, 0.05) is 50.4 Å². The number of methoxy groups -OCH3 is 1. The number of Topliss-reactive ketones (excluding diaryl/α,β-unsaturated/α-hetero) is 1. The summed E-state index contributed by atoms with van der Waals surface area (Å²) in [7, 11) is 1.37. The summed E-state index contributed by atoms with van der Waals surface area (Å²) in [4.78, 5) is 31.0. The summed E-state index contributed by atoms with van der Waals surface area (Å²) in [5.41, 5.74) is 1.20. The first kappa shape index (κ1) is 19.0. The van der Waals surface area contributed by atoms with Crippen molar-refractivity contribution in [2.45, 2.75) is 18.9 Å². The summed E-state index contributed by atoms with van der Waals surface area (Å²) in [6.07, 6.45) is 3.57. The van der Waals surface area contributed by atoms with E-state index in [0.29, 0.717) is 19.6 Å². The minimum Gasteiger partial charge on any atom is -0.494 e. The molecule has 7 heteroatoms. The van der Waals surface area contributed by atoms with Crippen LogP contribution in [0.2, 0.25) is 0 Å². The average molecular weight is 371 g/mol. The van der Waals surface area contributed by atoms with Crippen LogP contribution >= 0.6 is 0 Å². The smallest absolute Gasteiger partial charge is 0.223 e. The number of pyridine rings is 1. The van der Waals surface area contributed by atoms with Crippen LogP contribution in [-0.4, -0.2) is 48.3 Å². The van der Waals surface area contributed by atoms with Crippen molar-refractivity contribution in [1.82, 2.24) is 15.2 Å². The summed E-state index contributed by atoms with van der Waals surface area (Å²) in [6.45, 7) is 1.93. The summed E-state index contributed by atoms with van der Waals surface area (Å²) in [5, 5.41) is 3.28. The maximum absolute atomic E-state index is 13.8. The normalized spacial score (nSPS) is 16.8. The Morgan fingerprint density at radius 2 is 2.19 bits per heavy atom. The molecule has 1 amide bonds. The van der Waals surface area contributed by atoms with Gasteiger partial charge in [0.1, 0.15) is 0 Å². The fourth-order valence-electron chi connectivity index (χ4n) is 3.22. The number of hydrogen-bond donors (Lipinski definition) is 1. The van der Waals surface area contributed by atoms with Gasteiger partial charge in [0.05, 0.1) is 13.2 Å². The molecule has 3 rings (SSSR count). The van der Waals surface area contributed by atoms with Crippen LogP contribution in [0.1, 0.15) is 34.8 Å². The van der Waals surface area contributed by atoms with Crippen LogP contribution in [0.5, 0.6) is 5.75 Å². The second-order valence-corrected chi connectivity index (χ2v) is 6.37. The van der Waals surface area contributed by atoms with Crippen molar-refractivity contribution in [1.29, 1.82) is 0 Å². The highest BCUT2D eigenvalue weighted by atomic mass is 19.1. The van der Waals surface area contributed by atoms with Crippen molar-refractivity contribution in [3.8, 4) is 5.75 Å². The van der Waals surface area contributed by atoms with E-state index >= 15 is 0 Å². The Labute approximate surface area is 157 Å². The van der Waals surface area contributed by atoms with Crippen LogP contribution < -0.4 is 10.1 Å². The molecule has 6 nitrogen and oxygen atoms in total. The van der Waals surface area contributed by atoms with E-state index in [4.69, 9.17) is 4.74 Å². The zero-order valence-corrected chi connectivity index (χ0v) is 15.2. The Balaban J connectivity index is 1.63. The van der Waals surface area contributed by atoms with Crippen molar-refractivity contribution in [3.63, 3.8) is 0 Å². The first-order valence-corrected chi connectivity index (χ1v) is 8.87. The van der Waals surface area contributed by atoms with Crippen molar-refractivity contribution < 1.29 is 18.7 Å². The average Bonchev–Trinajstić information content (AvgIpc) is 2.72. The van der Waals surface area contributed by atoms with Gasteiger partial charge >= 0.3 is 0 Å². The topological polar surface area (TPSA) is 71.5 Å². The summed E-state index contributed by atoms with van der Waals surface area (Å²) >= 11 is 0. The highest BCUT2D eigenvalue weighted by Crippen LogP contribution is 2.23. The summed E-state index contributed by atoms with van der Waals surface area (Å²) in [6, 6.07) is 7.75. The molecule has 1 unspecified atom stereocenters. The molecule has 0 bridgehead atoms. The molecule has 0 spiro atoms. The number of ether oxygens (including phenoxy) is 1. The van der Waals surface area contributed by atoms with Gasteiger partial charge in [0.15, 0.2) is 17.3 Å². The molecule has 1 atom stereocenters. The summed E-state index contributed by atoms with van der Waals surface area (Å²) in [5.74, 6) is -0.859. The maximum Gasteiger partial charge on any atom is 0.223 e. The van der Waals surface area contributed by atoms with E-state index in [1.807, 2.05) is 12.1 Å². The predicted molar refractivity (Wildman–Crippen MR) is 98.1 cm³/mol. The van der Waals surface area contributed by atoms with Gasteiger partial charge in [-0.05, 0) is 29.8 Å². The number of carbonyl (C=O) groups is 2. The Kier molecular flexibility index (Phi) is 6.13. The molecule has 1 saturated heterocycles. The molecule has 1 aromatic heterocycles. The number of nitrogens with zero attached hydrogens (tertiary/aromatic N) is 2. The number of rotatable bonds is 6. The highest BCUT2D eigenvalue weighted by molar-refractivity contribution is 5.98. The molecule has 0 saturated carbocycles. The summed E-state index contributed by atoms with van der Waals surface area (Å²) < 4.78 is 18.6. The van der Waals surface area contributed by atoms with Crippen LogP contribution in [0.4, 0.5) is 4.39 Å². The van der Waals surface area contributed by atoms with E-state index in [0.717, 1.165) is 11.6 Å². The standard InChI is InChI=1S/C20H22FN3O3/c1-27-19-6-4-14(11-16(19)21)18(25)5-7-20(26)24-10-9-23-13-17(24)15-3-2-8-22-12-15/h2-4,6,8,11-12,17,23H,5,7,9-10,13H2,1H3. The molecule has 1 aliphatic rings. The molecule has 0 aliphatic carbocycles. The molecule has 1 fully saturated rings. The van der Waals surface area contributed by atoms with Gasteiger partial charge < -0.3 is 15.0 Å². The Bertz CT molecular complexity index is 813. The van der Waals surface area contributed by atoms with Gasteiger partial charge in [-0.2, -0.15) is 0 Å². The van der Waals surface area contributed by atoms with E-state index in [1.54, 1.807) is 17.3 Å². The molecule has 1 aliphatic heterocycles. The Morgan fingerprint density at radius 3 is 2.89 bits per heavy atom. The lowest BCUT2D eigenvalue weighted by Crippen LogP contribution is -2.48. The van der Waals surface area contributed by atoms with Crippen LogP contribution in [-0.2, 0) is 4.79 Å². The lowest BCUT2D eigenvalue weighted by Gasteiger charge is -2.36. The van der Waals surface area contributed by atoms with E-state index < -0.39 is 5.82 Å². The van der Waals surface area contributed by atoms with Crippen LogP contribution in [0.15, 0.2) is 42.7 Å². The highest BCUT2D eigenvalue weighted by Gasteiger charge is 2.28. The zero-order valence-electron chi connectivity index (χ0n) is 15.2. The molecular weight excluding hydrogens is 349 g/mol. The van der Waals surface area contributed by atoms with Gasteiger partial charge in [0.2, 0.25) is 5.91 Å². The first-order valence-electron chi connectivity index (χ1n) is 8.87. The van der Waals surface area contributed by atoms with Crippen LogP contribution in [0, 0.1) is 5.82 Å². The number of benzene rings is 1. The number of piperazine rings is 1. The number of carbonyl (C=O) groups excluding carboxylic acids is 2. The fourth-order valence-corrected chi connectivity index (χ4v) is 3.22. The molecule has 1 N–H and O–H groups in total. The van der Waals surface area contributed by atoms with Crippen LogP contribution in [0.25, 0.3) is 0 Å². The fraction of sp³-hybridized carbons (Fsp3) is 0.350. The SMILES string of the molecule is COc1ccc(C(=O)CCC(=O)N2CCNCC2c2cccnc2)cc1F. The molecule has 142 valence electrons. The van der Waals surface area contributed by atoms with Gasteiger partial charge in [-0.15, -0.1) is 0 Å². The third-order valence-corrected chi connectivity index (χ3v) is 4.67. The number of ketones is 1.